The molecular weight excluding hydrogens is 172 g/mol. The molecule has 0 radical (unpaired) electrons. The first kappa shape index (κ1) is 8.03. The molecule has 1 atom stereocenters. The predicted octanol–water partition coefficient (Wildman–Crippen LogP) is 0.353. The summed E-state index contributed by atoms with van der Waals surface area (Å²) in [5, 5.41) is 15.5. The molecule has 6 heteroatoms. The van der Waals surface area contributed by atoms with E-state index in [2.05, 4.69) is 15.4 Å². The quantitative estimate of drug-likeness (QED) is 0.655. The summed E-state index contributed by atoms with van der Waals surface area (Å²) < 4.78 is 1.62. The number of carboxylic acid groups (broad SMARTS) is 1. The number of fused-ring (bicyclic) bond motifs is 1. The van der Waals surface area contributed by atoms with Gasteiger partial charge in [0.1, 0.15) is 0 Å². The molecule has 13 heavy (non-hydrogen) atoms. The van der Waals surface area contributed by atoms with Crippen LogP contribution in [-0.2, 0) is 0 Å². The van der Waals surface area contributed by atoms with Gasteiger partial charge in [-0.25, -0.2) is 9.48 Å². The normalized spacial score (nSPS) is 20.5. The molecule has 2 heterocycles. The van der Waals surface area contributed by atoms with E-state index in [0.717, 1.165) is 13.0 Å². The van der Waals surface area contributed by atoms with Crippen LogP contribution in [0.4, 0.5) is 5.95 Å². The standard InChI is InChI=1S/C7H10N4O2/c1-4-2-3-8-7-9-5(6(12)13)10-11(4)7/h4H,2-3H2,1H3,(H,12,13)(H,8,9,10). The molecule has 0 saturated carbocycles. The number of aromatic carboxylic acids is 1. The van der Waals surface area contributed by atoms with Gasteiger partial charge in [0.2, 0.25) is 5.95 Å². The second-order valence-corrected chi connectivity index (χ2v) is 3.07. The molecule has 6 nitrogen and oxygen atoms in total. The van der Waals surface area contributed by atoms with Crippen molar-refractivity contribution in [3.8, 4) is 0 Å². The average molecular weight is 182 g/mol. The van der Waals surface area contributed by atoms with Crippen LogP contribution in [0.3, 0.4) is 0 Å². The van der Waals surface area contributed by atoms with Crippen LogP contribution in [0.15, 0.2) is 0 Å². The number of hydrogen-bond acceptors (Lipinski definition) is 4. The average Bonchev–Trinajstić information content (AvgIpc) is 2.49. The van der Waals surface area contributed by atoms with Gasteiger partial charge in [-0.3, -0.25) is 0 Å². The lowest BCUT2D eigenvalue weighted by molar-refractivity contribution is 0.0683. The molecule has 0 saturated heterocycles. The zero-order chi connectivity index (χ0) is 9.42. The number of hydrogen-bond donors (Lipinski definition) is 2. The van der Waals surface area contributed by atoms with Crippen LogP contribution in [0.1, 0.15) is 30.0 Å². The highest BCUT2D eigenvalue weighted by atomic mass is 16.4. The first-order valence-electron chi connectivity index (χ1n) is 4.12. The zero-order valence-corrected chi connectivity index (χ0v) is 7.19. The molecule has 1 aliphatic rings. The highest BCUT2D eigenvalue weighted by Crippen LogP contribution is 2.20. The van der Waals surface area contributed by atoms with Gasteiger partial charge in [0.25, 0.3) is 5.82 Å². The van der Waals surface area contributed by atoms with E-state index in [9.17, 15) is 4.79 Å². The lowest BCUT2D eigenvalue weighted by Crippen LogP contribution is -2.21. The van der Waals surface area contributed by atoms with Crippen molar-refractivity contribution in [2.45, 2.75) is 19.4 Å². The van der Waals surface area contributed by atoms with E-state index in [1.807, 2.05) is 6.92 Å². The molecule has 0 aromatic carbocycles. The maximum atomic E-state index is 10.6. The van der Waals surface area contributed by atoms with Crippen molar-refractivity contribution in [2.24, 2.45) is 0 Å². The van der Waals surface area contributed by atoms with Crippen LogP contribution in [0.25, 0.3) is 0 Å². The first-order valence-corrected chi connectivity index (χ1v) is 4.12. The summed E-state index contributed by atoms with van der Waals surface area (Å²) in [6.07, 6.45) is 0.940. The van der Waals surface area contributed by atoms with Gasteiger partial charge >= 0.3 is 5.97 Å². The number of carbonyl (C=O) groups is 1. The lowest BCUT2D eigenvalue weighted by Gasteiger charge is -2.20. The van der Waals surface area contributed by atoms with E-state index in [-0.39, 0.29) is 11.9 Å². The van der Waals surface area contributed by atoms with Gasteiger partial charge in [0.05, 0.1) is 6.04 Å². The summed E-state index contributed by atoms with van der Waals surface area (Å²) in [6, 6.07) is 0.219. The minimum absolute atomic E-state index is 0.142. The van der Waals surface area contributed by atoms with E-state index >= 15 is 0 Å². The molecule has 1 aliphatic heterocycles. The Morgan fingerprint density at radius 3 is 3.15 bits per heavy atom. The van der Waals surface area contributed by atoms with Gasteiger partial charge in [-0.1, -0.05) is 0 Å². The van der Waals surface area contributed by atoms with Crippen LogP contribution in [-0.4, -0.2) is 32.4 Å². The minimum atomic E-state index is -1.09. The molecular formula is C7H10N4O2. The molecule has 1 aromatic heterocycles. The second-order valence-electron chi connectivity index (χ2n) is 3.07. The van der Waals surface area contributed by atoms with Gasteiger partial charge in [0, 0.05) is 6.54 Å². The Kier molecular flexibility index (Phi) is 1.68. The highest BCUT2D eigenvalue weighted by Gasteiger charge is 2.21. The third-order valence-corrected chi connectivity index (χ3v) is 2.09. The van der Waals surface area contributed by atoms with Crippen LogP contribution >= 0.6 is 0 Å². The maximum Gasteiger partial charge on any atom is 0.375 e. The van der Waals surface area contributed by atoms with Gasteiger partial charge in [-0.2, -0.15) is 4.98 Å². The van der Waals surface area contributed by atoms with Crippen molar-refractivity contribution in [1.29, 1.82) is 0 Å². The van der Waals surface area contributed by atoms with E-state index in [1.165, 1.54) is 0 Å². The molecule has 0 spiro atoms. The molecule has 2 rings (SSSR count). The van der Waals surface area contributed by atoms with Crippen molar-refractivity contribution in [3.63, 3.8) is 0 Å². The summed E-state index contributed by atoms with van der Waals surface area (Å²) in [6.45, 7) is 2.81. The summed E-state index contributed by atoms with van der Waals surface area (Å²) in [7, 11) is 0. The number of rotatable bonds is 1. The third kappa shape index (κ3) is 1.24. The topological polar surface area (TPSA) is 80.0 Å². The van der Waals surface area contributed by atoms with Crippen LogP contribution in [0.5, 0.6) is 0 Å². The molecule has 0 amide bonds. The molecule has 1 aromatic rings. The van der Waals surface area contributed by atoms with Gasteiger partial charge < -0.3 is 10.4 Å². The van der Waals surface area contributed by atoms with Gasteiger partial charge in [-0.15, -0.1) is 5.10 Å². The SMILES string of the molecule is CC1CCNc2nc(C(=O)O)nn21. The van der Waals surface area contributed by atoms with Gasteiger partial charge in [-0.05, 0) is 13.3 Å². The van der Waals surface area contributed by atoms with E-state index < -0.39 is 5.97 Å². The number of anilines is 1. The monoisotopic (exact) mass is 182 g/mol. The van der Waals surface area contributed by atoms with Crippen LogP contribution < -0.4 is 5.32 Å². The molecule has 1 unspecified atom stereocenters. The summed E-state index contributed by atoms with van der Waals surface area (Å²) >= 11 is 0. The number of nitrogens with one attached hydrogen (secondary N) is 1. The molecule has 2 N–H and O–H groups in total. The third-order valence-electron chi connectivity index (χ3n) is 2.09. The van der Waals surface area contributed by atoms with E-state index in [4.69, 9.17) is 5.11 Å². The Bertz CT molecular complexity index is 346. The Hall–Kier alpha value is -1.59. The minimum Gasteiger partial charge on any atom is -0.475 e. The number of carboxylic acids is 1. The molecule has 0 bridgehead atoms. The Morgan fingerprint density at radius 2 is 2.54 bits per heavy atom. The van der Waals surface area contributed by atoms with Crippen molar-refractivity contribution in [2.75, 3.05) is 11.9 Å². The zero-order valence-electron chi connectivity index (χ0n) is 7.19. The fourth-order valence-electron chi connectivity index (χ4n) is 1.36. The predicted molar refractivity (Wildman–Crippen MR) is 44.8 cm³/mol. The Labute approximate surface area is 74.6 Å². The summed E-state index contributed by atoms with van der Waals surface area (Å²) in [4.78, 5) is 14.4. The van der Waals surface area contributed by atoms with Crippen molar-refractivity contribution in [3.05, 3.63) is 5.82 Å². The molecule has 0 fully saturated rings. The van der Waals surface area contributed by atoms with Crippen molar-refractivity contribution < 1.29 is 9.90 Å². The fraction of sp³-hybridized carbons (Fsp3) is 0.571. The Morgan fingerprint density at radius 1 is 1.77 bits per heavy atom. The van der Waals surface area contributed by atoms with Crippen LogP contribution in [0.2, 0.25) is 0 Å². The van der Waals surface area contributed by atoms with Gasteiger partial charge in [0.15, 0.2) is 0 Å². The fourth-order valence-corrected chi connectivity index (χ4v) is 1.36. The lowest BCUT2D eigenvalue weighted by atomic mass is 10.2. The molecule has 70 valence electrons. The Balaban J connectivity index is 2.42. The number of aromatic nitrogens is 3. The second kappa shape index (κ2) is 2.72. The van der Waals surface area contributed by atoms with Crippen molar-refractivity contribution in [1.82, 2.24) is 14.8 Å². The van der Waals surface area contributed by atoms with E-state index in [0.29, 0.717) is 5.95 Å². The smallest absolute Gasteiger partial charge is 0.375 e. The van der Waals surface area contributed by atoms with Crippen molar-refractivity contribution >= 4 is 11.9 Å². The summed E-state index contributed by atoms with van der Waals surface area (Å²) in [5.41, 5.74) is 0. The number of nitrogens with zero attached hydrogens (tertiary/aromatic N) is 3. The first-order chi connectivity index (χ1) is 6.18. The maximum absolute atomic E-state index is 10.6. The molecule has 0 aliphatic carbocycles. The largest absolute Gasteiger partial charge is 0.475 e. The van der Waals surface area contributed by atoms with E-state index in [1.54, 1.807) is 4.68 Å². The summed E-state index contributed by atoms with van der Waals surface area (Å²) in [5.74, 6) is -0.677. The highest BCUT2D eigenvalue weighted by molar-refractivity contribution is 5.83. The van der Waals surface area contributed by atoms with Crippen LogP contribution in [0, 0.1) is 0 Å².